The van der Waals surface area contributed by atoms with Crippen molar-refractivity contribution >= 4 is 0 Å². The van der Waals surface area contributed by atoms with E-state index in [1.165, 1.54) is 43.4 Å². The Morgan fingerprint density at radius 2 is 1.63 bits per heavy atom. The minimum atomic E-state index is 0.679. The van der Waals surface area contributed by atoms with Gasteiger partial charge in [-0.25, -0.2) is 0 Å². The van der Waals surface area contributed by atoms with Gasteiger partial charge < -0.3 is 9.47 Å². The van der Waals surface area contributed by atoms with Gasteiger partial charge in [0, 0.05) is 19.1 Å². The van der Waals surface area contributed by atoms with Crippen molar-refractivity contribution in [1.29, 1.82) is 0 Å². The molecule has 4 rings (SSSR count). The first-order valence-electron chi connectivity index (χ1n) is 7.55. The zero-order valence-electron chi connectivity index (χ0n) is 11.4. The van der Waals surface area contributed by atoms with Crippen LogP contribution in [0.1, 0.15) is 36.8 Å². The Kier molecular flexibility index (Phi) is 2.87. The Hall–Kier alpha value is -1.22. The first kappa shape index (κ1) is 11.6. The fourth-order valence-electron chi connectivity index (χ4n) is 3.70. The summed E-state index contributed by atoms with van der Waals surface area (Å²) in [5.74, 6) is 1.89. The summed E-state index contributed by atoms with van der Waals surface area (Å²) in [5, 5.41) is 0. The average molecular weight is 259 g/mol. The molecule has 102 valence electrons. The molecule has 3 aliphatic rings. The molecule has 3 heteroatoms. The molecule has 0 spiro atoms. The van der Waals surface area contributed by atoms with Crippen LogP contribution in [0, 0.1) is 0 Å². The molecule has 0 N–H and O–H groups in total. The van der Waals surface area contributed by atoms with Crippen LogP contribution in [0.25, 0.3) is 0 Å². The van der Waals surface area contributed by atoms with Gasteiger partial charge in [0.2, 0.25) is 0 Å². The van der Waals surface area contributed by atoms with Gasteiger partial charge in [-0.05, 0) is 42.5 Å². The molecule has 0 atom stereocenters. The number of fused-ring (bicyclic) bond motifs is 2. The van der Waals surface area contributed by atoms with E-state index in [2.05, 4.69) is 17.0 Å². The van der Waals surface area contributed by atoms with Crippen LogP contribution in [0.15, 0.2) is 12.1 Å². The first-order chi connectivity index (χ1) is 9.40. The Balaban J connectivity index is 1.59. The minimum Gasteiger partial charge on any atom is -0.486 e. The maximum atomic E-state index is 5.71. The van der Waals surface area contributed by atoms with E-state index < -0.39 is 0 Å². The summed E-state index contributed by atoms with van der Waals surface area (Å²) in [4.78, 5) is 2.67. The number of nitrogens with zero attached hydrogens (tertiary/aromatic N) is 1. The second-order valence-electron chi connectivity index (χ2n) is 5.92. The van der Waals surface area contributed by atoms with E-state index >= 15 is 0 Å². The van der Waals surface area contributed by atoms with Crippen molar-refractivity contribution in [3.63, 3.8) is 0 Å². The van der Waals surface area contributed by atoms with Gasteiger partial charge in [-0.2, -0.15) is 0 Å². The average Bonchev–Trinajstić information content (AvgIpc) is 2.98. The molecule has 2 heterocycles. The number of hydrogen-bond acceptors (Lipinski definition) is 3. The van der Waals surface area contributed by atoms with Crippen molar-refractivity contribution in [1.82, 2.24) is 4.90 Å². The second kappa shape index (κ2) is 4.71. The van der Waals surface area contributed by atoms with Crippen molar-refractivity contribution in [3.05, 3.63) is 23.3 Å². The molecular weight excluding hydrogens is 238 g/mol. The molecule has 0 radical (unpaired) electrons. The van der Waals surface area contributed by atoms with Crippen LogP contribution in [0.3, 0.4) is 0 Å². The van der Waals surface area contributed by atoms with Crippen molar-refractivity contribution in [3.8, 4) is 11.5 Å². The quantitative estimate of drug-likeness (QED) is 0.774. The summed E-state index contributed by atoms with van der Waals surface area (Å²) >= 11 is 0. The first-order valence-corrected chi connectivity index (χ1v) is 7.55. The zero-order chi connectivity index (χ0) is 12.7. The van der Waals surface area contributed by atoms with Crippen LogP contribution in [-0.4, -0.2) is 30.7 Å². The SMILES string of the molecule is c1c2c(cc3c1OCCO3)CN(C1CCCC1)CC2. The number of benzene rings is 1. The second-order valence-corrected chi connectivity index (χ2v) is 5.92. The third kappa shape index (κ3) is 2.10. The smallest absolute Gasteiger partial charge is 0.161 e. The van der Waals surface area contributed by atoms with E-state index in [4.69, 9.17) is 9.47 Å². The van der Waals surface area contributed by atoms with Crippen LogP contribution < -0.4 is 9.47 Å². The lowest BCUT2D eigenvalue weighted by atomic mass is 9.97. The standard InChI is InChI=1S/C16H21NO2/c1-2-4-14(3-1)17-6-5-12-9-15-16(10-13(12)11-17)19-8-7-18-15/h9-10,14H,1-8,11H2. The highest BCUT2D eigenvalue weighted by Gasteiger charge is 2.27. The fraction of sp³-hybridized carbons (Fsp3) is 0.625. The lowest BCUT2D eigenvalue weighted by Gasteiger charge is -2.34. The number of ether oxygens (including phenoxy) is 2. The molecular formula is C16H21NO2. The van der Waals surface area contributed by atoms with Crippen LogP contribution in [0.2, 0.25) is 0 Å². The van der Waals surface area contributed by atoms with E-state index in [9.17, 15) is 0 Å². The Labute approximate surface area is 114 Å². The molecule has 0 saturated heterocycles. The maximum absolute atomic E-state index is 5.71. The predicted octanol–water partition coefficient (Wildman–Crippen LogP) is 2.76. The molecule has 1 aliphatic carbocycles. The van der Waals surface area contributed by atoms with Gasteiger partial charge in [0.05, 0.1) is 0 Å². The monoisotopic (exact) mass is 259 g/mol. The van der Waals surface area contributed by atoms with Crippen molar-refractivity contribution in [2.45, 2.75) is 44.7 Å². The number of rotatable bonds is 1. The molecule has 1 saturated carbocycles. The predicted molar refractivity (Wildman–Crippen MR) is 73.8 cm³/mol. The van der Waals surface area contributed by atoms with Gasteiger partial charge in [-0.3, -0.25) is 4.90 Å². The summed E-state index contributed by atoms with van der Waals surface area (Å²) < 4.78 is 11.4. The van der Waals surface area contributed by atoms with Gasteiger partial charge >= 0.3 is 0 Å². The molecule has 1 aromatic rings. The van der Waals surface area contributed by atoms with Crippen molar-refractivity contribution in [2.24, 2.45) is 0 Å². The van der Waals surface area contributed by atoms with E-state index in [-0.39, 0.29) is 0 Å². The molecule has 0 unspecified atom stereocenters. The Morgan fingerprint density at radius 3 is 2.37 bits per heavy atom. The molecule has 1 aromatic carbocycles. The van der Waals surface area contributed by atoms with Crippen LogP contribution in [0.4, 0.5) is 0 Å². The van der Waals surface area contributed by atoms with Crippen molar-refractivity contribution in [2.75, 3.05) is 19.8 Å². The Bertz CT molecular complexity index is 480. The van der Waals surface area contributed by atoms with E-state index in [1.807, 2.05) is 0 Å². The molecule has 2 aliphatic heterocycles. The lowest BCUT2D eigenvalue weighted by molar-refractivity contribution is 0.165. The third-order valence-corrected chi connectivity index (χ3v) is 4.75. The van der Waals surface area contributed by atoms with Crippen LogP contribution in [-0.2, 0) is 13.0 Å². The van der Waals surface area contributed by atoms with Crippen LogP contribution >= 0.6 is 0 Å². The molecule has 0 bridgehead atoms. The minimum absolute atomic E-state index is 0.679. The van der Waals surface area contributed by atoms with Gasteiger partial charge in [-0.1, -0.05) is 12.8 Å². The summed E-state index contributed by atoms with van der Waals surface area (Å²) in [5.41, 5.74) is 2.90. The van der Waals surface area contributed by atoms with Crippen LogP contribution in [0.5, 0.6) is 11.5 Å². The molecule has 3 nitrogen and oxygen atoms in total. The molecule has 0 aromatic heterocycles. The topological polar surface area (TPSA) is 21.7 Å². The Morgan fingerprint density at radius 1 is 0.947 bits per heavy atom. The highest BCUT2D eigenvalue weighted by Crippen LogP contribution is 2.36. The molecule has 1 fully saturated rings. The van der Waals surface area contributed by atoms with Gasteiger partial charge in [0.25, 0.3) is 0 Å². The third-order valence-electron chi connectivity index (χ3n) is 4.75. The highest BCUT2D eigenvalue weighted by molar-refractivity contribution is 5.49. The van der Waals surface area contributed by atoms with Gasteiger partial charge in [0.15, 0.2) is 11.5 Å². The van der Waals surface area contributed by atoms with E-state index in [0.29, 0.717) is 13.2 Å². The fourth-order valence-corrected chi connectivity index (χ4v) is 3.70. The van der Waals surface area contributed by atoms with Gasteiger partial charge in [-0.15, -0.1) is 0 Å². The maximum Gasteiger partial charge on any atom is 0.161 e. The summed E-state index contributed by atoms with van der Waals surface area (Å²) in [6, 6.07) is 5.24. The number of hydrogen-bond donors (Lipinski definition) is 0. The normalized spacial score (nSPS) is 23.4. The zero-order valence-corrected chi connectivity index (χ0v) is 11.4. The van der Waals surface area contributed by atoms with Gasteiger partial charge in [0.1, 0.15) is 13.2 Å². The van der Waals surface area contributed by atoms with E-state index in [0.717, 1.165) is 30.5 Å². The highest BCUT2D eigenvalue weighted by atomic mass is 16.6. The lowest BCUT2D eigenvalue weighted by Crippen LogP contribution is -2.37. The van der Waals surface area contributed by atoms with E-state index in [1.54, 1.807) is 0 Å². The molecule has 0 amide bonds. The largest absolute Gasteiger partial charge is 0.486 e. The molecule has 19 heavy (non-hydrogen) atoms. The summed E-state index contributed by atoms with van der Waals surface area (Å²) in [6.45, 7) is 3.66. The van der Waals surface area contributed by atoms with Crippen molar-refractivity contribution < 1.29 is 9.47 Å². The summed E-state index contributed by atoms with van der Waals surface area (Å²) in [7, 11) is 0. The summed E-state index contributed by atoms with van der Waals surface area (Å²) in [6.07, 6.45) is 6.76.